The molecule has 1 rings (SSSR count). The van der Waals surface area contributed by atoms with Crippen molar-refractivity contribution in [1.82, 2.24) is 0 Å². The molecule has 1 N–H and O–H groups in total. The highest BCUT2D eigenvalue weighted by atomic mass is 16.2. The van der Waals surface area contributed by atoms with Crippen molar-refractivity contribution in [2.24, 2.45) is 0 Å². The lowest BCUT2D eigenvalue weighted by Crippen LogP contribution is -1.83. The van der Waals surface area contributed by atoms with E-state index in [-0.39, 0.29) is 6.61 Å². The molecular formula is C12H12O. The zero-order chi connectivity index (χ0) is 9.52. The largest absolute Gasteiger partial charge is 0.396 e. The lowest BCUT2D eigenvalue weighted by molar-refractivity contribution is 0.301. The van der Waals surface area contributed by atoms with Crippen molar-refractivity contribution in [3.8, 4) is 11.8 Å². The summed E-state index contributed by atoms with van der Waals surface area (Å²) in [6.45, 7) is 3.84. The van der Waals surface area contributed by atoms with Crippen LogP contribution in [0.2, 0.25) is 0 Å². The number of hydrogen-bond donors (Lipinski definition) is 1. The van der Waals surface area contributed by atoms with E-state index in [9.17, 15) is 0 Å². The van der Waals surface area contributed by atoms with Gasteiger partial charge in [0.2, 0.25) is 0 Å². The van der Waals surface area contributed by atoms with Crippen molar-refractivity contribution < 1.29 is 5.11 Å². The Kier molecular flexibility index (Phi) is 3.81. The third-order valence-electron chi connectivity index (χ3n) is 1.57. The van der Waals surface area contributed by atoms with Crippen LogP contribution in [0.1, 0.15) is 12.0 Å². The van der Waals surface area contributed by atoms with E-state index in [1.165, 1.54) is 0 Å². The summed E-state index contributed by atoms with van der Waals surface area (Å²) in [5.74, 6) is 5.86. The molecule has 0 bridgehead atoms. The summed E-state index contributed by atoms with van der Waals surface area (Å²) >= 11 is 0. The van der Waals surface area contributed by atoms with E-state index in [0.29, 0.717) is 6.42 Å². The van der Waals surface area contributed by atoms with E-state index in [1.54, 1.807) is 0 Å². The molecule has 0 aliphatic heterocycles. The first kappa shape index (κ1) is 9.57. The Bertz CT molecular complexity index is 327. The fourth-order valence-corrected chi connectivity index (χ4v) is 0.880. The average molecular weight is 172 g/mol. The van der Waals surface area contributed by atoms with E-state index in [4.69, 9.17) is 5.11 Å². The van der Waals surface area contributed by atoms with Crippen LogP contribution in [0, 0.1) is 11.8 Å². The molecule has 0 atom stereocenters. The molecule has 1 aromatic rings. The predicted molar refractivity (Wildman–Crippen MR) is 54.2 cm³/mol. The first-order valence-electron chi connectivity index (χ1n) is 4.18. The Morgan fingerprint density at radius 2 is 2.00 bits per heavy atom. The minimum atomic E-state index is 0.113. The molecule has 0 amide bonds. The van der Waals surface area contributed by atoms with Gasteiger partial charge in [-0.3, -0.25) is 0 Å². The van der Waals surface area contributed by atoms with Gasteiger partial charge in [-0.15, -0.1) is 0 Å². The molecule has 1 heteroatoms. The van der Waals surface area contributed by atoms with Gasteiger partial charge in [-0.25, -0.2) is 0 Å². The van der Waals surface area contributed by atoms with Crippen LogP contribution in [0.25, 0.3) is 0 Å². The Hall–Kier alpha value is -1.52. The van der Waals surface area contributed by atoms with E-state index in [1.807, 2.05) is 30.3 Å². The number of aliphatic hydroxyl groups is 1. The van der Waals surface area contributed by atoms with E-state index in [0.717, 1.165) is 11.1 Å². The van der Waals surface area contributed by atoms with Gasteiger partial charge in [-0.1, -0.05) is 36.6 Å². The molecule has 0 aromatic heterocycles. The summed E-state index contributed by atoms with van der Waals surface area (Å²) in [6, 6.07) is 9.73. The highest BCUT2D eigenvalue weighted by Gasteiger charge is 1.86. The lowest BCUT2D eigenvalue weighted by atomic mass is 10.2. The van der Waals surface area contributed by atoms with E-state index in [2.05, 4.69) is 18.4 Å². The van der Waals surface area contributed by atoms with Crippen LogP contribution in [0.15, 0.2) is 42.5 Å². The summed E-state index contributed by atoms with van der Waals surface area (Å²) in [4.78, 5) is 0. The van der Waals surface area contributed by atoms with Gasteiger partial charge in [0.05, 0.1) is 0 Å². The maximum atomic E-state index is 8.61. The molecule has 0 aliphatic rings. The van der Waals surface area contributed by atoms with Gasteiger partial charge in [-0.2, -0.15) is 0 Å². The van der Waals surface area contributed by atoms with Crippen molar-refractivity contribution in [3.63, 3.8) is 0 Å². The monoisotopic (exact) mass is 172 g/mol. The summed E-state index contributed by atoms with van der Waals surface area (Å²) in [6.07, 6.45) is 0.555. The quantitative estimate of drug-likeness (QED) is 0.676. The normalized spacial score (nSPS) is 8.69. The summed E-state index contributed by atoms with van der Waals surface area (Å²) < 4.78 is 0. The molecular weight excluding hydrogens is 160 g/mol. The predicted octanol–water partition coefficient (Wildman–Crippen LogP) is 1.98. The molecule has 13 heavy (non-hydrogen) atoms. The maximum Gasteiger partial charge on any atom is 0.0477 e. The zero-order valence-corrected chi connectivity index (χ0v) is 7.46. The minimum Gasteiger partial charge on any atom is -0.396 e. The van der Waals surface area contributed by atoms with Gasteiger partial charge < -0.3 is 5.11 Å². The van der Waals surface area contributed by atoms with E-state index < -0.39 is 0 Å². The second kappa shape index (κ2) is 5.18. The van der Waals surface area contributed by atoms with Crippen LogP contribution in [0.4, 0.5) is 0 Å². The fraction of sp³-hybridized carbons (Fsp3) is 0.167. The molecule has 0 spiro atoms. The highest BCUT2D eigenvalue weighted by Crippen LogP contribution is 1.98. The second-order valence-electron chi connectivity index (χ2n) is 2.69. The number of aliphatic hydroxyl groups excluding tert-OH is 1. The van der Waals surface area contributed by atoms with Crippen LogP contribution >= 0.6 is 0 Å². The van der Waals surface area contributed by atoms with Crippen molar-refractivity contribution in [3.05, 3.63) is 48.0 Å². The Balaban J connectivity index is 2.62. The number of hydrogen-bond acceptors (Lipinski definition) is 1. The van der Waals surface area contributed by atoms with Crippen LogP contribution in [-0.4, -0.2) is 11.7 Å². The number of benzene rings is 1. The minimum absolute atomic E-state index is 0.113. The second-order valence-corrected chi connectivity index (χ2v) is 2.69. The molecule has 0 radical (unpaired) electrons. The molecule has 1 aromatic carbocycles. The van der Waals surface area contributed by atoms with Gasteiger partial charge in [0.25, 0.3) is 0 Å². The third kappa shape index (κ3) is 3.59. The Labute approximate surface area is 78.7 Å². The smallest absolute Gasteiger partial charge is 0.0477 e. The fourth-order valence-electron chi connectivity index (χ4n) is 0.880. The van der Waals surface area contributed by atoms with Gasteiger partial charge in [-0.05, 0) is 17.7 Å². The molecule has 0 saturated carbocycles. The van der Waals surface area contributed by atoms with Crippen LogP contribution in [0.3, 0.4) is 0 Å². The highest BCUT2D eigenvalue weighted by molar-refractivity contribution is 5.39. The van der Waals surface area contributed by atoms with Crippen molar-refractivity contribution in [2.75, 3.05) is 6.61 Å². The molecule has 0 fully saturated rings. The van der Waals surface area contributed by atoms with Gasteiger partial charge in [0.1, 0.15) is 0 Å². The summed E-state index contributed by atoms with van der Waals surface area (Å²) in [5.41, 5.74) is 1.74. The molecule has 66 valence electrons. The van der Waals surface area contributed by atoms with E-state index >= 15 is 0 Å². The molecule has 0 aliphatic carbocycles. The van der Waals surface area contributed by atoms with Gasteiger partial charge >= 0.3 is 0 Å². The first-order chi connectivity index (χ1) is 6.33. The standard InChI is InChI=1S/C12H12O/c1-11(9-10-13)7-8-12-5-3-2-4-6-12/h2-6,13H,1,9-10H2. The zero-order valence-electron chi connectivity index (χ0n) is 7.46. The van der Waals surface area contributed by atoms with Gasteiger partial charge in [0, 0.05) is 18.6 Å². The molecule has 0 unspecified atom stereocenters. The van der Waals surface area contributed by atoms with Gasteiger partial charge in [0.15, 0.2) is 0 Å². The maximum absolute atomic E-state index is 8.61. The van der Waals surface area contributed by atoms with Crippen molar-refractivity contribution in [2.45, 2.75) is 6.42 Å². The summed E-state index contributed by atoms with van der Waals surface area (Å²) in [7, 11) is 0. The number of rotatable bonds is 2. The SMILES string of the molecule is C=C(C#Cc1ccccc1)CCO. The van der Waals surface area contributed by atoms with Crippen LogP contribution in [-0.2, 0) is 0 Å². The van der Waals surface area contributed by atoms with Crippen LogP contribution < -0.4 is 0 Å². The first-order valence-corrected chi connectivity index (χ1v) is 4.18. The topological polar surface area (TPSA) is 20.2 Å². The van der Waals surface area contributed by atoms with Crippen molar-refractivity contribution in [1.29, 1.82) is 0 Å². The third-order valence-corrected chi connectivity index (χ3v) is 1.57. The Morgan fingerprint density at radius 3 is 2.62 bits per heavy atom. The lowest BCUT2D eigenvalue weighted by Gasteiger charge is -1.90. The molecule has 1 nitrogen and oxygen atoms in total. The van der Waals surface area contributed by atoms with Crippen molar-refractivity contribution >= 4 is 0 Å². The Morgan fingerprint density at radius 1 is 1.31 bits per heavy atom. The molecule has 0 heterocycles. The summed E-state index contributed by atoms with van der Waals surface area (Å²) in [5, 5.41) is 8.61. The van der Waals surface area contributed by atoms with Crippen LogP contribution in [0.5, 0.6) is 0 Å². The molecule has 0 saturated heterocycles. The average Bonchev–Trinajstić information content (AvgIpc) is 2.17.